The van der Waals surface area contributed by atoms with E-state index < -0.39 is 0 Å². The average molecular weight is 369 g/mol. The van der Waals surface area contributed by atoms with Crippen LogP contribution in [0, 0.1) is 6.92 Å². The number of nitrogens with two attached hydrogens (primary N) is 1. The highest BCUT2D eigenvalue weighted by Crippen LogP contribution is 2.40. The van der Waals surface area contributed by atoms with E-state index in [1.807, 2.05) is 31.2 Å². The lowest BCUT2D eigenvalue weighted by atomic mass is 10.1. The van der Waals surface area contributed by atoms with E-state index in [9.17, 15) is 4.79 Å². The summed E-state index contributed by atoms with van der Waals surface area (Å²) < 4.78 is 6.18. The fourth-order valence-electron chi connectivity index (χ4n) is 2.75. The minimum Gasteiger partial charge on any atom is -0.476 e. The molecule has 2 aromatic rings. The number of anilines is 1. The molecule has 1 aliphatic heterocycles. The SMILES string of the molecule is CCC1(Oc2ccc(CNC(=O)c3ccc(C)nc3N)cc2)CC=CS1. The molecule has 0 spiro atoms. The molecule has 6 heteroatoms. The van der Waals surface area contributed by atoms with Crippen molar-refractivity contribution in [2.75, 3.05) is 5.73 Å². The minimum absolute atomic E-state index is 0.189. The summed E-state index contributed by atoms with van der Waals surface area (Å²) in [6, 6.07) is 11.3. The molecule has 2 heterocycles. The van der Waals surface area contributed by atoms with E-state index in [2.05, 4.69) is 28.7 Å². The van der Waals surface area contributed by atoms with Crippen LogP contribution in [0.3, 0.4) is 0 Å². The van der Waals surface area contributed by atoms with Gasteiger partial charge in [0.05, 0.1) is 5.56 Å². The summed E-state index contributed by atoms with van der Waals surface area (Å²) in [5, 5.41) is 4.97. The number of aryl methyl sites for hydroxylation is 1. The zero-order chi connectivity index (χ0) is 18.6. The molecule has 0 aliphatic carbocycles. The monoisotopic (exact) mass is 369 g/mol. The normalized spacial score (nSPS) is 18.7. The van der Waals surface area contributed by atoms with Crippen molar-refractivity contribution in [1.29, 1.82) is 0 Å². The fourth-order valence-corrected chi connectivity index (χ4v) is 3.69. The van der Waals surface area contributed by atoms with Gasteiger partial charge in [-0.2, -0.15) is 0 Å². The molecule has 0 saturated heterocycles. The number of benzene rings is 1. The van der Waals surface area contributed by atoms with E-state index in [0.29, 0.717) is 12.1 Å². The van der Waals surface area contributed by atoms with Crippen LogP contribution < -0.4 is 15.8 Å². The van der Waals surface area contributed by atoms with Crippen LogP contribution >= 0.6 is 11.8 Å². The largest absolute Gasteiger partial charge is 0.476 e. The van der Waals surface area contributed by atoms with Gasteiger partial charge in [-0.05, 0) is 48.6 Å². The number of nitrogen functional groups attached to an aromatic ring is 1. The van der Waals surface area contributed by atoms with Gasteiger partial charge in [0, 0.05) is 18.7 Å². The van der Waals surface area contributed by atoms with Gasteiger partial charge in [-0.1, -0.05) is 36.9 Å². The predicted molar refractivity (Wildman–Crippen MR) is 106 cm³/mol. The second kappa shape index (κ2) is 7.83. The van der Waals surface area contributed by atoms with E-state index >= 15 is 0 Å². The number of aromatic nitrogens is 1. The van der Waals surface area contributed by atoms with Gasteiger partial charge >= 0.3 is 0 Å². The highest BCUT2D eigenvalue weighted by atomic mass is 32.2. The molecule has 0 bridgehead atoms. The first-order valence-corrected chi connectivity index (χ1v) is 9.51. The van der Waals surface area contributed by atoms with Crippen LogP contribution in [-0.4, -0.2) is 15.8 Å². The van der Waals surface area contributed by atoms with E-state index in [1.165, 1.54) is 0 Å². The van der Waals surface area contributed by atoms with Crippen molar-refractivity contribution in [2.45, 2.75) is 38.2 Å². The van der Waals surface area contributed by atoms with Crippen molar-refractivity contribution in [3.63, 3.8) is 0 Å². The number of amides is 1. The van der Waals surface area contributed by atoms with E-state index in [-0.39, 0.29) is 16.7 Å². The Hall–Kier alpha value is -2.47. The third-order valence-corrected chi connectivity index (χ3v) is 5.63. The van der Waals surface area contributed by atoms with Crippen LogP contribution in [0.1, 0.15) is 41.4 Å². The molecule has 0 radical (unpaired) electrons. The molecule has 26 heavy (non-hydrogen) atoms. The summed E-state index contributed by atoms with van der Waals surface area (Å²) in [6.07, 6.45) is 4.00. The molecule has 1 amide bonds. The number of hydrogen-bond acceptors (Lipinski definition) is 5. The predicted octanol–water partition coefficient (Wildman–Crippen LogP) is 4.04. The Kier molecular flexibility index (Phi) is 5.52. The number of nitrogens with zero attached hydrogens (tertiary/aromatic N) is 1. The summed E-state index contributed by atoms with van der Waals surface area (Å²) in [6.45, 7) is 4.39. The number of nitrogens with one attached hydrogen (secondary N) is 1. The Morgan fingerprint density at radius 1 is 1.31 bits per heavy atom. The quantitative estimate of drug-likeness (QED) is 0.804. The maximum absolute atomic E-state index is 12.3. The standard InChI is InChI=1S/C20H23N3O2S/c1-3-20(11-4-12-26-20)25-16-8-6-15(7-9-16)13-22-19(24)17-10-5-14(2)23-18(17)21/h4-10,12H,3,11,13H2,1-2H3,(H2,21,23)(H,22,24). The Morgan fingerprint density at radius 2 is 2.08 bits per heavy atom. The van der Waals surface area contributed by atoms with Crippen LogP contribution in [0.15, 0.2) is 47.9 Å². The number of pyridine rings is 1. The van der Waals surface area contributed by atoms with Crippen LogP contribution in [0.5, 0.6) is 5.75 Å². The van der Waals surface area contributed by atoms with Crippen LogP contribution in [0.2, 0.25) is 0 Å². The number of hydrogen-bond donors (Lipinski definition) is 2. The van der Waals surface area contributed by atoms with Crippen molar-refractivity contribution in [3.05, 3.63) is 64.7 Å². The van der Waals surface area contributed by atoms with Gasteiger partial charge in [-0.25, -0.2) is 4.98 Å². The Bertz CT molecular complexity index is 810. The molecule has 1 aliphatic rings. The van der Waals surface area contributed by atoms with Crippen LogP contribution in [0.25, 0.3) is 0 Å². The van der Waals surface area contributed by atoms with Crippen molar-refractivity contribution in [3.8, 4) is 5.75 Å². The van der Waals surface area contributed by atoms with Gasteiger partial charge in [0.2, 0.25) is 0 Å². The molecule has 5 nitrogen and oxygen atoms in total. The molecule has 0 saturated carbocycles. The Balaban J connectivity index is 1.58. The first-order chi connectivity index (χ1) is 12.5. The van der Waals surface area contributed by atoms with Crippen molar-refractivity contribution in [1.82, 2.24) is 10.3 Å². The topological polar surface area (TPSA) is 77.2 Å². The summed E-state index contributed by atoms with van der Waals surface area (Å²) in [7, 11) is 0. The lowest BCUT2D eigenvalue weighted by Gasteiger charge is -2.28. The van der Waals surface area contributed by atoms with Gasteiger partial charge < -0.3 is 15.8 Å². The summed E-state index contributed by atoms with van der Waals surface area (Å²) in [5.74, 6) is 0.859. The molecule has 1 aromatic carbocycles. The van der Waals surface area contributed by atoms with E-state index in [0.717, 1.165) is 29.8 Å². The maximum Gasteiger partial charge on any atom is 0.255 e. The zero-order valence-corrected chi connectivity index (χ0v) is 15.8. The van der Waals surface area contributed by atoms with Gasteiger partial charge in [-0.15, -0.1) is 0 Å². The molecular formula is C20H23N3O2S. The molecule has 3 rings (SSSR count). The fraction of sp³-hybridized carbons (Fsp3) is 0.300. The van der Waals surface area contributed by atoms with E-state index in [4.69, 9.17) is 10.5 Å². The van der Waals surface area contributed by atoms with Gasteiger partial charge in [-0.3, -0.25) is 4.79 Å². The minimum atomic E-state index is -0.228. The number of carbonyl (C=O) groups is 1. The van der Waals surface area contributed by atoms with Crippen molar-refractivity contribution < 1.29 is 9.53 Å². The first kappa shape index (κ1) is 18.3. The van der Waals surface area contributed by atoms with Gasteiger partial charge in [0.1, 0.15) is 11.6 Å². The molecule has 1 aromatic heterocycles. The van der Waals surface area contributed by atoms with E-state index in [1.54, 1.807) is 23.9 Å². The summed E-state index contributed by atoms with van der Waals surface area (Å²) in [4.78, 5) is 16.2. The number of thioether (sulfide) groups is 1. The maximum atomic E-state index is 12.3. The highest BCUT2D eigenvalue weighted by Gasteiger charge is 2.32. The highest BCUT2D eigenvalue weighted by molar-refractivity contribution is 8.03. The second-order valence-electron chi connectivity index (χ2n) is 6.27. The van der Waals surface area contributed by atoms with Crippen molar-refractivity contribution in [2.24, 2.45) is 0 Å². The van der Waals surface area contributed by atoms with Crippen LogP contribution in [-0.2, 0) is 6.54 Å². The molecular weight excluding hydrogens is 346 g/mol. The average Bonchev–Trinajstić information content (AvgIpc) is 3.10. The van der Waals surface area contributed by atoms with Gasteiger partial charge in [0.25, 0.3) is 5.91 Å². The second-order valence-corrected chi connectivity index (χ2v) is 7.52. The molecule has 136 valence electrons. The molecule has 3 N–H and O–H groups in total. The summed E-state index contributed by atoms with van der Waals surface area (Å²) in [5.41, 5.74) is 7.99. The summed E-state index contributed by atoms with van der Waals surface area (Å²) >= 11 is 1.73. The zero-order valence-electron chi connectivity index (χ0n) is 15.0. The van der Waals surface area contributed by atoms with Crippen molar-refractivity contribution >= 4 is 23.5 Å². The molecule has 1 unspecified atom stereocenters. The number of rotatable bonds is 6. The third kappa shape index (κ3) is 4.19. The smallest absolute Gasteiger partial charge is 0.255 e. The molecule has 1 atom stereocenters. The van der Waals surface area contributed by atoms with Crippen LogP contribution in [0.4, 0.5) is 5.82 Å². The Morgan fingerprint density at radius 3 is 2.69 bits per heavy atom. The first-order valence-electron chi connectivity index (χ1n) is 8.63. The molecule has 0 fully saturated rings. The number of ether oxygens (including phenoxy) is 1. The number of carbonyl (C=O) groups excluding carboxylic acids is 1. The Labute approximate surface area is 158 Å². The lowest BCUT2D eigenvalue weighted by molar-refractivity contribution is 0.0951. The van der Waals surface area contributed by atoms with Gasteiger partial charge in [0.15, 0.2) is 4.93 Å². The lowest BCUT2D eigenvalue weighted by Crippen LogP contribution is -2.28. The third-order valence-electron chi connectivity index (χ3n) is 4.34.